The fraction of sp³-hybridized carbons (Fsp3) is 0.250. The molecule has 5 rings (SSSR count). The normalized spacial score (nSPS) is 16.0. The van der Waals surface area contributed by atoms with E-state index in [1.807, 2.05) is 42.5 Å². The number of para-hydroxylation sites is 1. The summed E-state index contributed by atoms with van der Waals surface area (Å²) in [5.74, 6) is 1.43. The molecular formula is C24H21BrN2OS2. The summed E-state index contributed by atoms with van der Waals surface area (Å²) in [6, 6.07) is 18.2. The number of nitrogens with zero attached hydrogens (tertiary/aromatic N) is 2. The molecule has 0 radical (unpaired) electrons. The Kier molecular flexibility index (Phi) is 5.56. The molecule has 0 aliphatic heterocycles. The third kappa shape index (κ3) is 3.77. The predicted octanol–water partition coefficient (Wildman–Crippen LogP) is 6.63. The Morgan fingerprint density at radius 3 is 2.83 bits per heavy atom. The average Bonchev–Trinajstić information content (AvgIpc) is 3.10. The molecule has 1 unspecified atom stereocenters. The maximum atomic E-state index is 13.7. The smallest absolute Gasteiger partial charge is 0.267 e. The van der Waals surface area contributed by atoms with E-state index >= 15 is 0 Å². The van der Waals surface area contributed by atoms with Gasteiger partial charge in [0.05, 0.1) is 11.1 Å². The summed E-state index contributed by atoms with van der Waals surface area (Å²) < 4.78 is 2.86. The number of thiophene rings is 1. The van der Waals surface area contributed by atoms with E-state index in [0.717, 1.165) is 50.5 Å². The van der Waals surface area contributed by atoms with Crippen molar-refractivity contribution in [3.05, 3.63) is 85.4 Å². The summed E-state index contributed by atoms with van der Waals surface area (Å²) in [6.07, 6.45) is 3.18. The lowest BCUT2D eigenvalue weighted by Crippen LogP contribution is -2.22. The van der Waals surface area contributed by atoms with Gasteiger partial charge in [0.2, 0.25) is 0 Å². The Labute approximate surface area is 192 Å². The zero-order valence-electron chi connectivity index (χ0n) is 16.6. The lowest BCUT2D eigenvalue weighted by atomic mass is 9.89. The van der Waals surface area contributed by atoms with E-state index in [1.165, 1.54) is 16.0 Å². The lowest BCUT2D eigenvalue weighted by molar-refractivity contribution is 0.509. The molecule has 30 heavy (non-hydrogen) atoms. The predicted molar refractivity (Wildman–Crippen MR) is 130 cm³/mol. The third-order valence-electron chi connectivity index (χ3n) is 5.57. The monoisotopic (exact) mass is 496 g/mol. The third-order valence-corrected chi connectivity index (χ3v) is 8.22. The molecule has 0 N–H and O–H groups in total. The first kappa shape index (κ1) is 20.0. The van der Waals surface area contributed by atoms with Gasteiger partial charge in [0, 0.05) is 15.1 Å². The molecule has 6 heteroatoms. The first-order chi connectivity index (χ1) is 14.6. The lowest BCUT2D eigenvalue weighted by Gasteiger charge is -2.17. The van der Waals surface area contributed by atoms with Crippen LogP contribution >= 0.6 is 39.0 Å². The minimum absolute atomic E-state index is 0.0648. The molecule has 3 nitrogen and oxygen atoms in total. The summed E-state index contributed by atoms with van der Waals surface area (Å²) in [4.78, 5) is 21.0. The maximum Gasteiger partial charge on any atom is 0.267 e. The van der Waals surface area contributed by atoms with Gasteiger partial charge in [-0.3, -0.25) is 9.36 Å². The maximum absolute atomic E-state index is 13.7. The molecule has 2 aromatic heterocycles. The second-order valence-electron chi connectivity index (χ2n) is 7.82. The van der Waals surface area contributed by atoms with Crippen molar-refractivity contribution >= 4 is 49.2 Å². The molecule has 2 aromatic carbocycles. The van der Waals surface area contributed by atoms with Crippen LogP contribution < -0.4 is 5.56 Å². The van der Waals surface area contributed by atoms with Crippen molar-refractivity contribution in [2.45, 2.75) is 37.1 Å². The molecule has 152 valence electrons. The summed E-state index contributed by atoms with van der Waals surface area (Å²) in [5, 5.41) is 1.59. The molecule has 0 saturated carbocycles. The van der Waals surface area contributed by atoms with Crippen molar-refractivity contribution in [3.8, 4) is 5.69 Å². The van der Waals surface area contributed by atoms with Crippen LogP contribution in [0, 0.1) is 5.92 Å². The average molecular weight is 497 g/mol. The van der Waals surface area contributed by atoms with Gasteiger partial charge in [0.25, 0.3) is 5.56 Å². The second kappa shape index (κ2) is 8.33. The molecule has 0 amide bonds. The molecule has 1 atom stereocenters. The number of hydrogen-bond acceptors (Lipinski definition) is 4. The molecule has 1 aliphatic carbocycles. The van der Waals surface area contributed by atoms with Crippen LogP contribution in [-0.2, 0) is 18.6 Å². The Morgan fingerprint density at radius 2 is 2.03 bits per heavy atom. The van der Waals surface area contributed by atoms with Gasteiger partial charge in [0.15, 0.2) is 5.16 Å². The van der Waals surface area contributed by atoms with Crippen LogP contribution in [0.3, 0.4) is 0 Å². The van der Waals surface area contributed by atoms with Gasteiger partial charge in [-0.2, -0.15) is 0 Å². The van der Waals surface area contributed by atoms with E-state index < -0.39 is 0 Å². The van der Waals surface area contributed by atoms with E-state index in [2.05, 4.69) is 35.0 Å². The molecule has 0 bridgehead atoms. The first-order valence-electron chi connectivity index (χ1n) is 10.1. The van der Waals surface area contributed by atoms with Crippen molar-refractivity contribution in [1.82, 2.24) is 9.55 Å². The Balaban J connectivity index is 1.65. The number of aromatic nitrogens is 2. The second-order valence-corrected chi connectivity index (χ2v) is 10.8. The van der Waals surface area contributed by atoms with Gasteiger partial charge in [0.1, 0.15) is 4.83 Å². The van der Waals surface area contributed by atoms with Crippen molar-refractivity contribution in [2.75, 3.05) is 0 Å². The van der Waals surface area contributed by atoms with Gasteiger partial charge in [-0.15, -0.1) is 11.3 Å². The molecule has 2 heterocycles. The Morgan fingerprint density at radius 1 is 1.20 bits per heavy atom. The fourth-order valence-electron chi connectivity index (χ4n) is 4.05. The summed E-state index contributed by atoms with van der Waals surface area (Å²) in [6.45, 7) is 2.29. The van der Waals surface area contributed by atoms with Crippen LogP contribution in [0.15, 0.2) is 69.0 Å². The van der Waals surface area contributed by atoms with Crippen molar-refractivity contribution in [1.29, 1.82) is 0 Å². The molecule has 0 spiro atoms. The van der Waals surface area contributed by atoms with E-state index in [1.54, 1.807) is 27.7 Å². The largest absolute Gasteiger partial charge is 0.268 e. The molecule has 1 aliphatic rings. The highest BCUT2D eigenvalue weighted by molar-refractivity contribution is 9.10. The number of halogens is 1. The fourth-order valence-corrected chi connectivity index (χ4v) is 6.87. The van der Waals surface area contributed by atoms with E-state index in [-0.39, 0.29) is 5.56 Å². The highest BCUT2D eigenvalue weighted by atomic mass is 79.9. The van der Waals surface area contributed by atoms with Gasteiger partial charge in [-0.25, -0.2) is 4.98 Å². The standard InChI is InChI=1S/C24H21BrN2OS2/c1-15-10-11-19-20(12-15)30-22-21(19)23(28)27(18-8-3-2-4-9-18)24(26-22)29-14-16-6-5-7-17(25)13-16/h2-9,13,15H,10-12,14H2,1H3. The van der Waals surface area contributed by atoms with Crippen molar-refractivity contribution < 1.29 is 0 Å². The van der Waals surface area contributed by atoms with E-state index in [4.69, 9.17) is 4.98 Å². The van der Waals surface area contributed by atoms with Crippen molar-refractivity contribution in [2.24, 2.45) is 5.92 Å². The van der Waals surface area contributed by atoms with Crippen LogP contribution in [0.25, 0.3) is 15.9 Å². The number of thioether (sulfide) groups is 1. The van der Waals surface area contributed by atoms with Crippen LogP contribution in [-0.4, -0.2) is 9.55 Å². The van der Waals surface area contributed by atoms with Crippen LogP contribution in [0.1, 0.15) is 29.3 Å². The minimum atomic E-state index is 0.0648. The number of benzene rings is 2. The van der Waals surface area contributed by atoms with Crippen LogP contribution in [0.5, 0.6) is 0 Å². The SMILES string of the molecule is CC1CCc2c(sc3nc(SCc4cccc(Br)c4)n(-c4ccccc4)c(=O)c23)C1. The minimum Gasteiger partial charge on any atom is -0.268 e. The topological polar surface area (TPSA) is 34.9 Å². The van der Waals surface area contributed by atoms with E-state index in [9.17, 15) is 4.79 Å². The first-order valence-corrected chi connectivity index (χ1v) is 12.7. The van der Waals surface area contributed by atoms with E-state index in [0.29, 0.717) is 5.92 Å². The van der Waals surface area contributed by atoms with Crippen molar-refractivity contribution in [3.63, 3.8) is 0 Å². The van der Waals surface area contributed by atoms with Gasteiger partial charge < -0.3 is 0 Å². The van der Waals surface area contributed by atoms with Gasteiger partial charge in [-0.05, 0) is 60.6 Å². The number of rotatable bonds is 4. The molecule has 4 aromatic rings. The van der Waals surface area contributed by atoms with Gasteiger partial charge in [-0.1, -0.05) is 64.9 Å². The summed E-state index contributed by atoms with van der Waals surface area (Å²) >= 11 is 6.87. The zero-order chi connectivity index (χ0) is 20.7. The number of aryl methyl sites for hydroxylation is 1. The number of hydrogen-bond donors (Lipinski definition) is 0. The van der Waals surface area contributed by atoms with Gasteiger partial charge >= 0.3 is 0 Å². The number of fused-ring (bicyclic) bond motifs is 3. The van der Waals surface area contributed by atoms with Crippen LogP contribution in [0.2, 0.25) is 0 Å². The zero-order valence-corrected chi connectivity index (χ0v) is 19.8. The molecule has 0 saturated heterocycles. The van der Waals surface area contributed by atoms with Crippen LogP contribution in [0.4, 0.5) is 0 Å². The summed E-state index contributed by atoms with van der Waals surface area (Å²) in [5.41, 5.74) is 3.37. The Hall–Kier alpha value is -1.89. The quantitative estimate of drug-likeness (QED) is 0.235. The highest BCUT2D eigenvalue weighted by Gasteiger charge is 2.25. The molecule has 0 fully saturated rings. The summed E-state index contributed by atoms with van der Waals surface area (Å²) in [7, 11) is 0. The molecular weight excluding hydrogens is 476 g/mol. The highest BCUT2D eigenvalue weighted by Crippen LogP contribution is 2.37. The Bertz CT molecular complexity index is 1280.